The highest BCUT2D eigenvalue weighted by Crippen LogP contribution is 2.19. The van der Waals surface area contributed by atoms with E-state index in [9.17, 15) is 5.11 Å². The van der Waals surface area contributed by atoms with E-state index in [2.05, 4.69) is 10.2 Å². The molecule has 124 valence electrons. The maximum atomic E-state index is 9.92. The molecule has 0 fully saturated rings. The fourth-order valence-electron chi connectivity index (χ4n) is 2.18. The summed E-state index contributed by atoms with van der Waals surface area (Å²) in [5, 5.41) is 17.3. The molecule has 0 spiro atoms. The first-order valence-corrected chi connectivity index (χ1v) is 7.69. The van der Waals surface area contributed by atoms with Crippen molar-refractivity contribution in [2.24, 2.45) is 0 Å². The Morgan fingerprint density at radius 1 is 0.875 bits per heavy atom. The van der Waals surface area contributed by atoms with E-state index in [0.29, 0.717) is 18.9 Å². The molecule has 0 bridgehead atoms. The number of rotatable bonds is 8. The zero-order chi connectivity index (χ0) is 16.6. The predicted octanol–water partition coefficient (Wildman–Crippen LogP) is 2.30. The molecule has 0 radical (unpaired) electrons. The Kier molecular flexibility index (Phi) is 5.42. The predicted molar refractivity (Wildman–Crippen MR) is 88.7 cm³/mol. The zero-order valence-corrected chi connectivity index (χ0v) is 13.2. The van der Waals surface area contributed by atoms with Crippen LogP contribution in [0.25, 0.3) is 0 Å². The zero-order valence-electron chi connectivity index (χ0n) is 13.2. The minimum absolute atomic E-state index is 0.197. The Hall–Kier alpha value is -2.86. The van der Waals surface area contributed by atoms with Crippen LogP contribution in [0.5, 0.6) is 11.5 Å². The van der Waals surface area contributed by atoms with Crippen LogP contribution in [-0.4, -0.2) is 32.6 Å². The Morgan fingerprint density at radius 3 is 2.17 bits per heavy atom. The van der Waals surface area contributed by atoms with Crippen molar-refractivity contribution in [2.45, 2.75) is 19.3 Å². The summed E-state index contributed by atoms with van der Waals surface area (Å²) < 4.78 is 13.0. The number of hydrogen-bond acceptors (Lipinski definition) is 5. The Bertz CT molecular complexity index is 715. The molecule has 3 rings (SSSR count). The molecule has 0 saturated carbocycles. The third-order valence-corrected chi connectivity index (χ3v) is 3.40. The van der Waals surface area contributed by atoms with Crippen LogP contribution in [0.15, 0.2) is 67.3 Å². The van der Waals surface area contributed by atoms with Crippen LogP contribution >= 0.6 is 0 Å². The van der Waals surface area contributed by atoms with Gasteiger partial charge in [0.25, 0.3) is 0 Å². The summed E-state index contributed by atoms with van der Waals surface area (Å²) >= 11 is 0. The standard InChI is InChI=1S/C18H19N3O3/c22-16(10-21-13-19-20-14-21)12-24-18-8-6-17(7-9-18)23-11-15-4-2-1-3-5-15/h1-9,13-14,16,22H,10-12H2/t16-/m1/s1. The third-order valence-electron chi connectivity index (χ3n) is 3.40. The number of aliphatic hydroxyl groups excluding tert-OH is 1. The maximum Gasteiger partial charge on any atom is 0.120 e. The second kappa shape index (κ2) is 8.12. The van der Waals surface area contributed by atoms with Gasteiger partial charge in [0.15, 0.2) is 0 Å². The van der Waals surface area contributed by atoms with Gasteiger partial charge >= 0.3 is 0 Å². The largest absolute Gasteiger partial charge is 0.491 e. The van der Waals surface area contributed by atoms with Gasteiger partial charge in [0.05, 0.1) is 6.54 Å². The summed E-state index contributed by atoms with van der Waals surface area (Å²) in [6.07, 6.45) is 2.49. The molecule has 3 aromatic rings. The molecule has 0 aliphatic rings. The highest BCUT2D eigenvalue weighted by Gasteiger charge is 2.06. The van der Waals surface area contributed by atoms with Crippen LogP contribution in [0.2, 0.25) is 0 Å². The van der Waals surface area contributed by atoms with Gasteiger partial charge in [-0.25, -0.2) is 0 Å². The number of ether oxygens (including phenoxy) is 2. The first-order valence-electron chi connectivity index (χ1n) is 7.69. The van der Waals surface area contributed by atoms with Crippen LogP contribution in [0.1, 0.15) is 5.56 Å². The molecule has 0 saturated heterocycles. The summed E-state index contributed by atoms with van der Waals surface area (Å²) in [7, 11) is 0. The average molecular weight is 325 g/mol. The van der Waals surface area contributed by atoms with E-state index in [1.165, 1.54) is 0 Å². The van der Waals surface area contributed by atoms with Gasteiger partial charge in [-0.05, 0) is 29.8 Å². The van der Waals surface area contributed by atoms with Gasteiger partial charge in [-0.2, -0.15) is 0 Å². The van der Waals surface area contributed by atoms with E-state index in [0.717, 1.165) is 11.3 Å². The van der Waals surface area contributed by atoms with Gasteiger partial charge in [0.1, 0.15) is 43.5 Å². The first kappa shape index (κ1) is 16.0. The van der Waals surface area contributed by atoms with Crippen LogP contribution < -0.4 is 9.47 Å². The van der Waals surface area contributed by atoms with Crippen LogP contribution in [-0.2, 0) is 13.2 Å². The van der Waals surface area contributed by atoms with Gasteiger partial charge < -0.3 is 19.1 Å². The molecule has 0 aliphatic heterocycles. The molecule has 1 atom stereocenters. The molecule has 24 heavy (non-hydrogen) atoms. The molecule has 1 aromatic heterocycles. The number of aromatic nitrogens is 3. The fraction of sp³-hybridized carbons (Fsp3) is 0.222. The molecule has 0 unspecified atom stereocenters. The lowest BCUT2D eigenvalue weighted by molar-refractivity contribution is 0.0923. The molecule has 2 aromatic carbocycles. The lowest BCUT2D eigenvalue weighted by atomic mass is 10.2. The topological polar surface area (TPSA) is 69.4 Å². The van der Waals surface area contributed by atoms with Crippen molar-refractivity contribution in [2.75, 3.05) is 6.61 Å². The van der Waals surface area contributed by atoms with Crippen molar-refractivity contribution in [3.05, 3.63) is 72.8 Å². The quantitative estimate of drug-likeness (QED) is 0.688. The van der Waals surface area contributed by atoms with Gasteiger partial charge in [-0.15, -0.1) is 10.2 Å². The van der Waals surface area contributed by atoms with Crippen molar-refractivity contribution < 1.29 is 14.6 Å². The number of hydrogen-bond donors (Lipinski definition) is 1. The third kappa shape index (κ3) is 4.82. The molecule has 0 aliphatic carbocycles. The molecule has 1 N–H and O–H groups in total. The van der Waals surface area contributed by atoms with E-state index < -0.39 is 6.10 Å². The van der Waals surface area contributed by atoms with E-state index in [4.69, 9.17) is 9.47 Å². The lowest BCUT2D eigenvalue weighted by Crippen LogP contribution is -2.23. The molecule has 6 nitrogen and oxygen atoms in total. The highest BCUT2D eigenvalue weighted by molar-refractivity contribution is 5.31. The number of benzene rings is 2. The van der Waals surface area contributed by atoms with E-state index >= 15 is 0 Å². The van der Waals surface area contributed by atoms with Gasteiger partial charge in [-0.1, -0.05) is 30.3 Å². The Morgan fingerprint density at radius 2 is 1.50 bits per heavy atom. The van der Waals surface area contributed by atoms with Crippen molar-refractivity contribution in [3.63, 3.8) is 0 Å². The molecule has 6 heteroatoms. The average Bonchev–Trinajstić information content (AvgIpc) is 3.13. The molecular weight excluding hydrogens is 306 g/mol. The van der Waals surface area contributed by atoms with Crippen molar-refractivity contribution in [3.8, 4) is 11.5 Å². The minimum atomic E-state index is -0.630. The maximum absolute atomic E-state index is 9.92. The van der Waals surface area contributed by atoms with Crippen LogP contribution in [0.3, 0.4) is 0 Å². The van der Waals surface area contributed by atoms with Gasteiger partial charge in [0.2, 0.25) is 0 Å². The van der Waals surface area contributed by atoms with Gasteiger partial charge in [-0.3, -0.25) is 0 Å². The second-order valence-electron chi connectivity index (χ2n) is 5.37. The second-order valence-corrected chi connectivity index (χ2v) is 5.37. The first-order chi connectivity index (χ1) is 11.8. The summed E-state index contributed by atoms with van der Waals surface area (Å²) in [6.45, 7) is 1.12. The van der Waals surface area contributed by atoms with E-state index in [1.54, 1.807) is 17.2 Å². The van der Waals surface area contributed by atoms with E-state index in [1.807, 2.05) is 54.6 Å². The number of aliphatic hydroxyl groups is 1. The monoisotopic (exact) mass is 325 g/mol. The smallest absolute Gasteiger partial charge is 0.120 e. The fourth-order valence-corrected chi connectivity index (χ4v) is 2.18. The van der Waals surface area contributed by atoms with Crippen LogP contribution in [0.4, 0.5) is 0 Å². The van der Waals surface area contributed by atoms with E-state index in [-0.39, 0.29) is 6.61 Å². The lowest BCUT2D eigenvalue weighted by Gasteiger charge is -2.13. The Balaban J connectivity index is 1.44. The summed E-state index contributed by atoms with van der Waals surface area (Å²) in [5.74, 6) is 1.46. The van der Waals surface area contributed by atoms with Crippen LogP contribution in [0, 0.1) is 0 Å². The highest BCUT2D eigenvalue weighted by atomic mass is 16.5. The summed E-state index contributed by atoms with van der Waals surface area (Å²) in [4.78, 5) is 0. The minimum Gasteiger partial charge on any atom is -0.491 e. The van der Waals surface area contributed by atoms with Crippen molar-refractivity contribution in [1.29, 1.82) is 0 Å². The van der Waals surface area contributed by atoms with Gasteiger partial charge in [0, 0.05) is 0 Å². The van der Waals surface area contributed by atoms with Crippen molar-refractivity contribution >= 4 is 0 Å². The Labute approximate surface area is 140 Å². The normalized spacial score (nSPS) is 11.9. The van der Waals surface area contributed by atoms with Crippen molar-refractivity contribution in [1.82, 2.24) is 14.8 Å². The molecule has 1 heterocycles. The molecular formula is C18H19N3O3. The number of nitrogens with zero attached hydrogens (tertiary/aromatic N) is 3. The summed E-state index contributed by atoms with van der Waals surface area (Å²) in [6, 6.07) is 17.4. The SMILES string of the molecule is O[C@@H](COc1ccc(OCc2ccccc2)cc1)Cn1cnnc1. The summed E-state index contributed by atoms with van der Waals surface area (Å²) in [5.41, 5.74) is 1.12. The molecule has 0 amide bonds.